The van der Waals surface area contributed by atoms with Crippen molar-refractivity contribution < 1.29 is 17.0 Å². The largest absolute Gasteiger partial charge is 1.00 e. The van der Waals surface area contributed by atoms with Gasteiger partial charge in [0.15, 0.2) is 0 Å². The standard InChI is InChI=1S/C26H32P.BrH/c1-2-3-4-5-6-16-23-27(24-17-10-7-11-18-24,25-19-12-8-13-20-25)26-21-14-9-15-22-26;/h7-15,17-22H,2-6,16,23H2,1H3;1H/q+1;/p-1. The molecule has 0 unspecified atom stereocenters. The van der Waals surface area contributed by atoms with Gasteiger partial charge < -0.3 is 17.0 Å². The van der Waals surface area contributed by atoms with Crippen LogP contribution >= 0.6 is 7.26 Å². The maximum absolute atomic E-state index is 2.35. The summed E-state index contributed by atoms with van der Waals surface area (Å²) in [6, 6.07) is 33.8. The predicted octanol–water partition coefficient (Wildman–Crippen LogP) is 3.35. The molecule has 0 aliphatic rings. The molecular formula is C26H32BrP. The molecule has 0 heterocycles. The summed E-state index contributed by atoms with van der Waals surface area (Å²) < 4.78 is 0. The normalized spacial score (nSPS) is 11.0. The summed E-state index contributed by atoms with van der Waals surface area (Å²) in [6.07, 6.45) is 9.34. The monoisotopic (exact) mass is 454 g/mol. The molecule has 0 saturated carbocycles. The Kier molecular flexibility index (Phi) is 9.96. The minimum atomic E-state index is -1.61. The Balaban J connectivity index is 0.00000280. The molecule has 0 aromatic heterocycles. The minimum Gasteiger partial charge on any atom is -1.00 e. The second kappa shape index (κ2) is 12.2. The first-order valence-corrected chi connectivity index (χ1v) is 12.4. The Bertz CT molecular complexity index is 675. The molecule has 0 radical (unpaired) electrons. The molecule has 0 fully saturated rings. The van der Waals surface area contributed by atoms with E-state index in [1.807, 2.05) is 0 Å². The average Bonchev–Trinajstić information content (AvgIpc) is 2.75. The third kappa shape index (κ3) is 5.56. The topological polar surface area (TPSA) is 0 Å². The van der Waals surface area contributed by atoms with Gasteiger partial charge in [-0.25, -0.2) is 0 Å². The van der Waals surface area contributed by atoms with Crippen molar-refractivity contribution in [1.82, 2.24) is 0 Å². The first-order chi connectivity index (χ1) is 13.4. The van der Waals surface area contributed by atoms with Crippen LogP contribution in [-0.2, 0) is 0 Å². The van der Waals surface area contributed by atoms with Crippen molar-refractivity contribution in [2.45, 2.75) is 45.4 Å². The van der Waals surface area contributed by atoms with E-state index in [-0.39, 0.29) is 17.0 Å². The summed E-state index contributed by atoms with van der Waals surface area (Å²) >= 11 is 0. The molecule has 0 saturated heterocycles. The maximum atomic E-state index is 2.35. The van der Waals surface area contributed by atoms with Gasteiger partial charge in [-0.2, -0.15) is 0 Å². The maximum Gasteiger partial charge on any atom is 0.112 e. The minimum absolute atomic E-state index is 0. The molecule has 28 heavy (non-hydrogen) atoms. The fraction of sp³-hybridized carbons (Fsp3) is 0.308. The number of unbranched alkanes of at least 4 members (excludes halogenated alkanes) is 5. The quantitative estimate of drug-likeness (QED) is 0.325. The Morgan fingerprint density at radius 2 is 0.857 bits per heavy atom. The molecule has 0 N–H and O–H groups in total. The van der Waals surface area contributed by atoms with Gasteiger partial charge in [-0.3, -0.25) is 0 Å². The van der Waals surface area contributed by atoms with Crippen LogP contribution in [0.1, 0.15) is 45.4 Å². The number of benzene rings is 3. The zero-order chi connectivity index (χ0) is 18.8. The summed E-state index contributed by atoms with van der Waals surface area (Å²) in [7, 11) is -1.61. The molecule has 148 valence electrons. The fourth-order valence-corrected chi connectivity index (χ4v) is 8.42. The van der Waals surface area contributed by atoms with Gasteiger partial charge in [-0.05, 0) is 49.2 Å². The fourth-order valence-electron chi connectivity index (χ4n) is 4.01. The molecule has 0 amide bonds. The Morgan fingerprint density at radius 1 is 0.500 bits per heavy atom. The Morgan fingerprint density at radius 3 is 1.25 bits per heavy atom. The lowest BCUT2D eigenvalue weighted by Gasteiger charge is -2.27. The highest BCUT2D eigenvalue weighted by molar-refractivity contribution is 7.95. The van der Waals surface area contributed by atoms with Crippen LogP contribution < -0.4 is 32.9 Å². The zero-order valence-electron chi connectivity index (χ0n) is 16.9. The molecular weight excluding hydrogens is 423 g/mol. The van der Waals surface area contributed by atoms with Crippen molar-refractivity contribution >= 4 is 23.2 Å². The average molecular weight is 455 g/mol. The van der Waals surface area contributed by atoms with Crippen LogP contribution in [0.25, 0.3) is 0 Å². The van der Waals surface area contributed by atoms with Crippen molar-refractivity contribution in [3.05, 3.63) is 91.0 Å². The van der Waals surface area contributed by atoms with Crippen LogP contribution in [0.4, 0.5) is 0 Å². The van der Waals surface area contributed by atoms with Crippen LogP contribution in [0.2, 0.25) is 0 Å². The first-order valence-electron chi connectivity index (χ1n) is 10.4. The second-order valence-corrected chi connectivity index (χ2v) is 10.9. The van der Waals surface area contributed by atoms with E-state index in [0.29, 0.717) is 0 Å². The molecule has 2 heteroatoms. The molecule has 0 aliphatic heterocycles. The summed E-state index contributed by atoms with van der Waals surface area (Å²) in [4.78, 5) is 0. The summed E-state index contributed by atoms with van der Waals surface area (Å²) in [6.45, 7) is 2.29. The van der Waals surface area contributed by atoms with E-state index in [4.69, 9.17) is 0 Å². The smallest absolute Gasteiger partial charge is 0.112 e. The van der Waals surface area contributed by atoms with Crippen LogP contribution in [0.5, 0.6) is 0 Å². The van der Waals surface area contributed by atoms with Gasteiger partial charge in [-0.1, -0.05) is 87.2 Å². The molecule has 3 rings (SSSR count). The highest BCUT2D eigenvalue weighted by Crippen LogP contribution is 2.55. The second-order valence-electron chi connectivity index (χ2n) is 7.31. The lowest BCUT2D eigenvalue weighted by Crippen LogP contribution is -3.00. The van der Waals surface area contributed by atoms with E-state index in [9.17, 15) is 0 Å². The molecule has 0 atom stereocenters. The number of rotatable bonds is 10. The Labute approximate surface area is 182 Å². The highest BCUT2D eigenvalue weighted by Gasteiger charge is 2.44. The van der Waals surface area contributed by atoms with Crippen molar-refractivity contribution in [2.75, 3.05) is 6.16 Å². The lowest BCUT2D eigenvalue weighted by atomic mass is 10.1. The number of halogens is 1. The molecule has 0 spiro atoms. The zero-order valence-corrected chi connectivity index (χ0v) is 19.4. The van der Waals surface area contributed by atoms with E-state index in [2.05, 4.69) is 97.9 Å². The molecule has 0 nitrogen and oxygen atoms in total. The Hall–Kier alpha value is -1.43. The molecule has 0 bridgehead atoms. The van der Waals surface area contributed by atoms with Gasteiger partial charge in [-0.15, -0.1) is 0 Å². The lowest BCUT2D eigenvalue weighted by molar-refractivity contribution is -0.00000543. The summed E-state index contributed by atoms with van der Waals surface area (Å²) in [5.41, 5.74) is 0. The summed E-state index contributed by atoms with van der Waals surface area (Å²) in [5, 5.41) is 4.53. The van der Waals surface area contributed by atoms with E-state index in [1.165, 1.54) is 60.6 Å². The first kappa shape index (κ1) is 22.9. The number of hydrogen-bond acceptors (Lipinski definition) is 0. The van der Waals surface area contributed by atoms with Crippen LogP contribution in [-0.4, -0.2) is 6.16 Å². The van der Waals surface area contributed by atoms with Crippen LogP contribution in [0.15, 0.2) is 91.0 Å². The van der Waals surface area contributed by atoms with Gasteiger partial charge in [0.1, 0.15) is 23.2 Å². The van der Waals surface area contributed by atoms with Gasteiger partial charge in [0, 0.05) is 0 Å². The third-order valence-corrected chi connectivity index (χ3v) is 9.96. The van der Waals surface area contributed by atoms with E-state index < -0.39 is 7.26 Å². The van der Waals surface area contributed by atoms with Gasteiger partial charge >= 0.3 is 0 Å². The van der Waals surface area contributed by atoms with E-state index in [0.717, 1.165) is 0 Å². The predicted molar refractivity (Wildman–Crippen MR) is 123 cm³/mol. The van der Waals surface area contributed by atoms with Crippen molar-refractivity contribution in [3.63, 3.8) is 0 Å². The van der Waals surface area contributed by atoms with Crippen molar-refractivity contribution in [3.8, 4) is 0 Å². The number of hydrogen-bond donors (Lipinski definition) is 0. The van der Waals surface area contributed by atoms with Gasteiger partial charge in [0.05, 0.1) is 6.16 Å². The van der Waals surface area contributed by atoms with E-state index in [1.54, 1.807) is 0 Å². The molecule has 0 aliphatic carbocycles. The van der Waals surface area contributed by atoms with E-state index >= 15 is 0 Å². The SMILES string of the molecule is CCCCCCCC[P+](c1ccccc1)(c1ccccc1)c1ccccc1.[Br-]. The third-order valence-electron chi connectivity index (χ3n) is 5.44. The highest BCUT2D eigenvalue weighted by atomic mass is 79.9. The van der Waals surface area contributed by atoms with Gasteiger partial charge in [0.2, 0.25) is 0 Å². The molecule has 3 aromatic carbocycles. The van der Waals surface area contributed by atoms with Crippen LogP contribution in [0.3, 0.4) is 0 Å². The van der Waals surface area contributed by atoms with Crippen molar-refractivity contribution in [2.24, 2.45) is 0 Å². The van der Waals surface area contributed by atoms with Crippen molar-refractivity contribution in [1.29, 1.82) is 0 Å². The summed E-state index contributed by atoms with van der Waals surface area (Å²) in [5.74, 6) is 0. The molecule has 3 aromatic rings. The van der Waals surface area contributed by atoms with Gasteiger partial charge in [0.25, 0.3) is 0 Å². The van der Waals surface area contributed by atoms with Crippen LogP contribution in [0, 0.1) is 0 Å².